The summed E-state index contributed by atoms with van der Waals surface area (Å²) < 4.78 is 0. The maximum atomic E-state index is 5.78. The normalized spacial score (nSPS) is 10.4. The van der Waals surface area contributed by atoms with Crippen molar-refractivity contribution in [2.75, 3.05) is 0 Å². The Morgan fingerprint density at radius 2 is 2.29 bits per heavy atom. The van der Waals surface area contributed by atoms with Crippen molar-refractivity contribution in [3.8, 4) is 0 Å². The Morgan fingerprint density at radius 3 is 2.93 bits per heavy atom. The number of hydrogen-bond donors (Lipinski definition) is 1. The van der Waals surface area contributed by atoms with Crippen molar-refractivity contribution in [1.29, 1.82) is 0 Å². The van der Waals surface area contributed by atoms with Crippen LogP contribution >= 0.6 is 23.4 Å². The van der Waals surface area contributed by atoms with Gasteiger partial charge >= 0.3 is 0 Å². The van der Waals surface area contributed by atoms with Gasteiger partial charge in [-0.3, -0.25) is 5.10 Å². The van der Waals surface area contributed by atoms with Gasteiger partial charge in [0.05, 0.1) is 0 Å². The second-order valence-electron chi connectivity index (χ2n) is 2.47. The summed E-state index contributed by atoms with van der Waals surface area (Å²) in [7, 11) is 0. The highest BCUT2D eigenvalue weighted by atomic mass is 35.5. The number of H-pyrrole nitrogens is 1. The number of halogens is 1. The van der Waals surface area contributed by atoms with E-state index in [1.165, 1.54) is 18.1 Å². The molecular formula is C7H6ClN5S. The van der Waals surface area contributed by atoms with Crippen LogP contribution in [0.15, 0.2) is 22.6 Å². The monoisotopic (exact) mass is 227 g/mol. The molecule has 0 aliphatic carbocycles. The maximum absolute atomic E-state index is 5.78. The van der Waals surface area contributed by atoms with Gasteiger partial charge in [0, 0.05) is 6.07 Å². The minimum atomic E-state index is 0.430. The fourth-order valence-electron chi connectivity index (χ4n) is 0.900. The lowest BCUT2D eigenvalue weighted by molar-refractivity contribution is 0.942. The van der Waals surface area contributed by atoms with Crippen molar-refractivity contribution in [2.45, 2.75) is 17.1 Å². The Hall–Kier alpha value is -1.14. The molecule has 2 aromatic rings. The summed E-state index contributed by atoms with van der Waals surface area (Å²) in [5.41, 5.74) is 0. The van der Waals surface area contributed by atoms with E-state index in [1.54, 1.807) is 13.0 Å². The predicted molar refractivity (Wildman–Crippen MR) is 52.3 cm³/mol. The van der Waals surface area contributed by atoms with Crippen LogP contribution in [-0.4, -0.2) is 25.1 Å². The molecule has 0 radical (unpaired) electrons. The Kier molecular flexibility index (Phi) is 2.64. The summed E-state index contributed by atoms with van der Waals surface area (Å²) in [6.07, 6.45) is 1.44. The van der Waals surface area contributed by atoms with E-state index >= 15 is 0 Å². The molecule has 2 aromatic heterocycles. The molecule has 0 aromatic carbocycles. The van der Waals surface area contributed by atoms with Crippen molar-refractivity contribution in [2.24, 2.45) is 0 Å². The molecule has 0 aliphatic rings. The van der Waals surface area contributed by atoms with Gasteiger partial charge in [0.2, 0.25) is 0 Å². The van der Waals surface area contributed by atoms with Gasteiger partial charge in [-0.15, -0.1) is 0 Å². The lowest BCUT2D eigenvalue weighted by Crippen LogP contribution is -1.90. The average Bonchev–Trinajstić information content (AvgIpc) is 2.54. The van der Waals surface area contributed by atoms with E-state index in [1.807, 2.05) is 0 Å². The number of hydrogen-bond acceptors (Lipinski definition) is 5. The fraction of sp³-hybridized carbons (Fsp3) is 0.143. The number of nitrogens with one attached hydrogen (secondary N) is 1. The molecule has 0 bridgehead atoms. The van der Waals surface area contributed by atoms with Crippen molar-refractivity contribution in [1.82, 2.24) is 25.1 Å². The molecule has 0 spiro atoms. The molecule has 0 aliphatic heterocycles. The Bertz CT molecular complexity index is 409. The standard InChI is InChI=1S/C7H6ClN5S/c1-4-11-5(8)2-6(12-4)14-7-9-3-10-13-7/h2-3H,1H3,(H,9,10,13). The summed E-state index contributed by atoms with van der Waals surface area (Å²) in [6, 6.07) is 1.68. The molecular weight excluding hydrogens is 222 g/mol. The summed E-state index contributed by atoms with van der Waals surface area (Å²) in [6.45, 7) is 1.79. The van der Waals surface area contributed by atoms with Crippen molar-refractivity contribution < 1.29 is 0 Å². The lowest BCUT2D eigenvalue weighted by atomic mass is 10.6. The van der Waals surface area contributed by atoms with Gasteiger partial charge in [-0.05, 0) is 18.7 Å². The first-order chi connectivity index (χ1) is 6.74. The SMILES string of the molecule is Cc1nc(Cl)cc(Sc2ncn[nH]2)n1. The van der Waals surface area contributed by atoms with Crippen LogP contribution in [-0.2, 0) is 0 Å². The van der Waals surface area contributed by atoms with Gasteiger partial charge < -0.3 is 0 Å². The number of aromatic amines is 1. The molecule has 0 atom stereocenters. The van der Waals surface area contributed by atoms with E-state index in [4.69, 9.17) is 11.6 Å². The van der Waals surface area contributed by atoms with Crippen LogP contribution < -0.4 is 0 Å². The molecule has 72 valence electrons. The summed E-state index contributed by atoms with van der Waals surface area (Å²) >= 11 is 7.14. The first-order valence-corrected chi connectivity index (χ1v) is 4.98. The number of nitrogens with zero attached hydrogens (tertiary/aromatic N) is 4. The van der Waals surface area contributed by atoms with E-state index in [2.05, 4.69) is 25.1 Å². The first-order valence-electron chi connectivity index (χ1n) is 3.78. The molecule has 2 heterocycles. The predicted octanol–water partition coefficient (Wildman–Crippen LogP) is 1.71. The zero-order valence-electron chi connectivity index (χ0n) is 7.23. The van der Waals surface area contributed by atoms with E-state index in [0.29, 0.717) is 16.1 Å². The third-order valence-electron chi connectivity index (χ3n) is 1.38. The Labute approximate surface area is 89.3 Å². The summed E-state index contributed by atoms with van der Waals surface area (Å²) in [4.78, 5) is 12.1. The van der Waals surface area contributed by atoms with E-state index in [9.17, 15) is 0 Å². The van der Waals surface area contributed by atoms with Crippen LogP contribution in [0.5, 0.6) is 0 Å². The minimum absolute atomic E-state index is 0.430. The van der Waals surface area contributed by atoms with E-state index < -0.39 is 0 Å². The molecule has 0 saturated carbocycles. The van der Waals surface area contributed by atoms with Gasteiger partial charge in [-0.25, -0.2) is 15.0 Å². The van der Waals surface area contributed by atoms with Crippen molar-refractivity contribution in [3.05, 3.63) is 23.4 Å². The third-order valence-corrected chi connectivity index (χ3v) is 2.38. The third kappa shape index (κ3) is 2.21. The summed E-state index contributed by atoms with van der Waals surface area (Å²) in [5, 5.41) is 8.31. The van der Waals surface area contributed by atoms with Gasteiger partial charge in [0.25, 0.3) is 0 Å². The molecule has 2 rings (SSSR count). The van der Waals surface area contributed by atoms with Crippen molar-refractivity contribution in [3.63, 3.8) is 0 Å². The van der Waals surface area contributed by atoms with Crippen molar-refractivity contribution >= 4 is 23.4 Å². The molecule has 1 N–H and O–H groups in total. The number of aromatic nitrogens is 5. The Balaban J connectivity index is 2.25. The largest absolute Gasteiger partial charge is 0.254 e. The smallest absolute Gasteiger partial charge is 0.189 e. The average molecular weight is 228 g/mol. The molecule has 7 heteroatoms. The van der Waals surface area contributed by atoms with Crippen LogP contribution in [0.4, 0.5) is 0 Å². The van der Waals surface area contributed by atoms with E-state index in [0.717, 1.165) is 5.03 Å². The molecule has 5 nitrogen and oxygen atoms in total. The topological polar surface area (TPSA) is 67.3 Å². The van der Waals surface area contributed by atoms with Crippen LogP contribution in [0.2, 0.25) is 5.15 Å². The van der Waals surface area contributed by atoms with Crippen LogP contribution in [0, 0.1) is 6.92 Å². The number of rotatable bonds is 2. The highest BCUT2D eigenvalue weighted by Gasteiger charge is 2.04. The van der Waals surface area contributed by atoms with Crippen LogP contribution in [0.1, 0.15) is 5.82 Å². The lowest BCUT2D eigenvalue weighted by Gasteiger charge is -1.98. The van der Waals surface area contributed by atoms with E-state index in [-0.39, 0.29) is 0 Å². The molecule has 0 saturated heterocycles. The second-order valence-corrected chi connectivity index (χ2v) is 3.87. The van der Waals surface area contributed by atoms with Gasteiger partial charge in [0.1, 0.15) is 22.3 Å². The molecule has 14 heavy (non-hydrogen) atoms. The minimum Gasteiger partial charge on any atom is -0.254 e. The highest BCUT2D eigenvalue weighted by molar-refractivity contribution is 7.99. The zero-order chi connectivity index (χ0) is 9.97. The second kappa shape index (κ2) is 3.93. The Morgan fingerprint density at radius 1 is 1.43 bits per heavy atom. The van der Waals surface area contributed by atoms with Gasteiger partial charge in [-0.1, -0.05) is 11.6 Å². The van der Waals surface area contributed by atoms with Crippen LogP contribution in [0.25, 0.3) is 0 Å². The maximum Gasteiger partial charge on any atom is 0.189 e. The molecule has 0 amide bonds. The first kappa shape index (κ1) is 9.42. The molecule has 0 unspecified atom stereocenters. The number of aryl methyl sites for hydroxylation is 1. The highest BCUT2D eigenvalue weighted by Crippen LogP contribution is 2.23. The van der Waals surface area contributed by atoms with Crippen LogP contribution in [0.3, 0.4) is 0 Å². The molecule has 0 fully saturated rings. The summed E-state index contributed by atoms with van der Waals surface area (Å²) in [5.74, 6) is 0.638. The van der Waals surface area contributed by atoms with Gasteiger partial charge in [-0.2, -0.15) is 5.10 Å². The van der Waals surface area contributed by atoms with Gasteiger partial charge in [0.15, 0.2) is 5.16 Å². The quantitative estimate of drug-likeness (QED) is 0.791. The zero-order valence-corrected chi connectivity index (χ0v) is 8.80. The fourth-order valence-corrected chi connectivity index (χ4v) is 1.94.